The molecular formula is C15H25N3. The molecule has 1 aliphatic heterocycles. The van der Waals surface area contributed by atoms with E-state index in [9.17, 15) is 0 Å². The third kappa shape index (κ3) is 2.09. The van der Waals surface area contributed by atoms with Crippen LogP contribution in [0.15, 0.2) is 12.5 Å². The van der Waals surface area contributed by atoms with Gasteiger partial charge in [-0.3, -0.25) is 0 Å². The molecule has 0 bridgehead atoms. The van der Waals surface area contributed by atoms with Crippen molar-refractivity contribution in [2.24, 2.45) is 5.41 Å². The molecule has 0 amide bonds. The fourth-order valence-corrected chi connectivity index (χ4v) is 3.53. The molecule has 1 aromatic rings. The van der Waals surface area contributed by atoms with Crippen molar-refractivity contribution in [1.82, 2.24) is 14.9 Å². The first-order valence-electron chi connectivity index (χ1n) is 7.33. The van der Waals surface area contributed by atoms with Gasteiger partial charge in [-0.2, -0.15) is 0 Å². The maximum absolute atomic E-state index is 4.43. The van der Waals surface area contributed by atoms with Gasteiger partial charge in [0, 0.05) is 23.9 Å². The van der Waals surface area contributed by atoms with E-state index in [0.717, 1.165) is 19.6 Å². The van der Waals surface area contributed by atoms with Crippen molar-refractivity contribution in [2.75, 3.05) is 13.1 Å². The summed E-state index contributed by atoms with van der Waals surface area (Å²) in [5, 5.41) is 3.46. The molecule has 2 aliphatic rings. The van der Waals surface area contributed by atoms with E-state index in [4.69, 9.17) is 0 Å². The van der Waals surface area contributed by atoms with Gasteiger partial charge in [0.25, 0.3) is 0 Å². The Morgan fingerprint density at radius 2 is 1.94 bits per heavy atom. The summed E-state index contributed by atoms with van der Waals surface area (Å²) < 4.78 is 2.44. The fourth-order valence-electron chi connectivity index (χ4n) is 3.53. The van der Waals surface area contributed by atoms with Crippen LogP contribution in [0.2, 0.25) is 0 Å². The Labute approximate surface area is 110 Å². The topological polar surface area (TPSA) is 29.9 Å². The quantitative estimate of drug-likeness (QED) is 0.890. The summed E-state index contributed by atoms with van der Waals surface area (Å²) in [6.45, 7) is 8.26. The van der Waals surface area contributed by atoms with Gasteiger partial charge in [-0.1, -0.05) is 20.3 Å². The molecule has 1 aromatic heterocycles. The number of hydrogen-bond donors (Lipinski definition) is 1. The molecule has 3 heteroatoms. The van der Waals surface area contributed by atoms with Crippen molar-refractivity contribution in [3.63, 3.8) is 0 Å². The van der Waals surface area contributed by atoms with Crippen LogP contribution in [0.4, 0.5) is 0 Å². The molecule has 1 saturated carbocycles. The van der Waals surface area contributed by atoms with Gasteiger partial charge in [-0.15, -0.1) is 0 Å². The molecule has 3 nitrogen and oxygen atoms in total. The number of piperidine rings is 1. The standard InChI is InChI=1S/C15H25N3/c1-14(4-3-5-14)11-18-12-17-10-13(18)15(2)6-8-16-9-7-15/h10,12,16H,3-9,11H2,1-2H3. The second kappa shape index (κ2) is 4.37. The molecule has 1 N–H and O–H groups in total. The lowest BCUT2D eigenvalue weighted by Gasteiger charge is -2.41. The Balaban J connectivity index is 1.82. The summed E-state index contributed by atoms with van der Waals surface area (Å²) in [5.41, 5.74) is 2.30. The zero-order chi connectivity index (χ0) is 12.6. The molecule has 100 valence electrons. The first kappa shape index (κ1) is 12.2. The van der Waals surface area contributed by atoms with E-state index in [-0.39, 0.29) is 0 Å². The lowest BCUT2D eigenvalue weighted by atomic mass is 9.70. The summed E-state index contributed by atoms with van der Waals surface area (Å²) in [5.74, 6) is 0. The van der Waals surface area contributed by atoms with Crippen LogP contribution >= 0.6 is 0 Å². The molecule has 0 unspecified atom stereocenters. The van der Waals surface area contributed by atoms with Crippen molar-refractivity contribution < 1.29 is 0 Å². The molecule has 0 radical (unpaired) electrons. The van der Waals surface area contributed by atoms with Gasteiger partial charge < -0.3 is 9.88 Å². The monoisotopic (exact) mass is 247 g/mol. The highest BCUT2D eigenvalue weighted by Crippen LogP contribution is 2.43. The maximum atomic E-state index is 4.43. The lowest BCUT2D eigenvalue weighted by Crippen LogP contribution is -2.40. The lowest BCUT2D eigenvalue weighted by molar-refractivity contribution is 0.127. The van der Waals surface area contributed by atoms with E-state index in [2.05, 4.69) is 34.9 Å². The van der Waals surface area contributed by atoms with Crippen molar-refractivity contribution in [1.29, 1.82) is 0 Å². The van der Waals surface area contributed by atoms with Crippen LogP contribution in [0.1, 0.15) is 51.6 Å². The number of aromatic nitrogens is 2. The Bertz CT molecular complexity index is 411. The Hall–Kier alpha value is -0.830. The average molecular weight is 247 g/mol. The number of imidazole rings is 1. The highest BCUT2D eigenvalue weighted by molar-refractivity contribution is 5.16. The normalized spacial score (nSPS) is 25.7. The fraction of sp³-hybridized carbons (Fsp3) is 0.800. The highest BCUT2D eigenvalue weighted by atomic mass is 15.1. The minimum atomic E-state index is 0.321. The summed E-state index contributed by atoms with van der Waals surface area (Å²) in [6, 6.07) is 0. The summed E-state index contributed by atoms with van der Waals surface area (Å²) in [6.07, 6.45) is 10.8. The van der Waals surface area contributed by atoms with Crippen LogP contribution in [0.5, 0.6) is 0 Å². The van der Waals surface area contributed by atoms with E-state index in [1.54, 1.807) is 0 Å². The summed E-state index contributed by atoms with van der Waals surface area (Å²) in [7, 11) is 0. The third-order valence-corrected chi connectivity index (χ3v) is 5.15. The van der Waals surface area contributed by atoms with Crippen molar-refractivity contribution in [3.05, 3.63) is 18.2 Å². The summed E-state index contributed by atoms with van der Waals surface area (Å²) >= 11 is 0. The van der Waals surface area contributed by atoms with Gasteiger partial charge in [-0.05, 0) is 44.2 Å². The molecule has 0 aromatic carbocycles. The number of rotatable bonds is 3. The van der Waals surface area contributed by atoms with E-state index in [1.807, 2.05) is 6.33 Å². The molecule has 2 fully saturated rings. The molecular weight excluding hydrogens is 222 g/mol. The van der Waals surface area contributed by atoms with Gasteiger partial charge in [0.15, 0.2) is 0 Å². The molecule has 18 heavy (non-hydrogen) atoms. The minimum Gasteiger partial charge on any atom is -0.334 e. The van der Waals surface area contributed by atoms with E-state index in [1.165, 1.54) is 37.8 Å². The predicted molar refractivity (Wildman–Crippen MR) is 73.6 cm³/mol. The predicted octanol–water partition coefficient (Wildman–Crippen LogP) is 2.71. The van der Waals surface area contributed by atoms with Crippen LogP contribution in [-0.2, 0) is 12.0 Å². The van der Waals surface area contributed by atoms with E-state index >= 15 is 0 Å². The first-order valence-corrected chi connectivity index (χ1v) is 7.33. The number of nitrogens with zero attached hydrogens (tertiary/aromatic N) is 2. The highest BCUT2D eigenvalue weighted by Gasteiger charge is 2.36. The third-order valence-electron chi connectivity index (χ3n) is 5.15. The molecule has 1 aliphatic carbocycles. The Kier molecular flexibility index (Phi) is 2.97. The van der Waals surface area contributed by atoms with Crippen LogP contribution in [0.3, 0.4) is 0 Å². The van der Waals surface area contributed by atoms with E-state index < -0.39 is 0 Å². The van der Waals surface area contributed by atoms with Gasteiger partial charge in [0.1, 0.15) is 0 Å². The number of hydrogen-bond acceptors (Lipinski definition) is 2. The molecule has 0 atom stereocenters. The van der Waals surface area contributed by atoms with Gasteiger partial charge in [0.05, 0.1) is 6.33 Å². The minimum absolute atomic E-state index is 0.321. The Morgan fingerprint density at radius 1 is 1.22 bits per heavy atom. The van der Waals surface area contributed by atoms with Crippen LogP contribution in [0, 0.1) is 5.41 Å². The molecule has 3 rings (SSSR count). The van der Waals surface area contributed by atoms with Crippen molar-refractivity contribution >= 4 is 0 Å². The number of nitrogens with one attached hydrogen (secondary N) is 1. The SMILES string of the molecule is CC1(Cn2cncc2C2(C)CCNCC2)CCC1. The van der Waals surface area contributed by atoms with Crippen LogP contribution in [0.25, 0.3) is 0 Å². The largest absolute Gasteiger partial charge is 0.334 e. The van der Waals surface area contributed by atoms with Crippen molar-refractivity contribution in [3.8, 4) is 0 Å². The zero-order valence-corrected chi connectivity index (χ0v) is 11.7. The average Bonchev–Trinajstić information content (AvgIpc) is 2.77. The van der Waals surface area contributed by atoms with Gasteiger partial charge in [-0.25, -0.2) is 4.98 Å². The zero-order valence-electron chi connectivity index (χ0n) is 11.7. The first-order chi connectivity index (χ1) is 8.61. The van der Waals surface area contributed by atoms with Crippen LogP contribution < -0.4 is 5.32 Å². The second-order valence-electron chi connectivity index (χ2n) is 6.88. The molecule has 1 saturated heterocycles. The smallest absolute Gasteiger partial charge is 0.0948 e. The maximum Gasteiger partial charge on any atom is 0.0948 e. The Morgan fingerprint density at radius 3 is 2.56 bits per heavy atom. The molecule has 2 heterocycles. The van der Waals surface area contributed by atoms with Gasteiger partial charge in [0.2, 0.25) is 0 Å². The second-order valence-corrected chi connectivity index (χ2v) is 6.88. The summed E-state index contributed by atoms with van der Waals surface area (Å²) in [4.78, 5) is 4.43. The molecule has 0 spiro atoms. The van der Waals surface area contributed by atoms with Gasteiger partial charge >= 0.3 is 0 Å². The van der Waals surface area contributed by atoms with Crippen LogP contribution in [-0.4, -0.2) is 22.6 Å². The van der Waals surface area contributed by atoms with Crippen molar-refractivity contribution in [2.45, 2.75) is 57.9 Å². The van der Waals surface area contributed by atoms with E-state index in [0.29, 0.717) is 10.8 Å².